The first-order chi connectivity index (χ1) is 21.8. The van der Waals surface area contributed by atoms with Crippen LogP contribution in [0.4, 0.5) is 5.69 Å². The van der Waals surface area contributed by atoms with Crippen molar-refractivity contribution in [1.82, 2.24) is 4.98 Å². The number of rotatable bonds is 4. The van der Waals surface area contributed by atoms with Crippen molar-refractivity contribution in [2.24, 2.45) is 0 Å². The summed E-state index contributed by atoms with van der Waals surface area (Å²) < 4.78 is 0. The Morgan fingerprint density at radius 1 is 0.568 bits per heavy atom. The molecule has 1 aromatic heterocycles. The molecule has 2 heterocycles. The molecular weight excluding hydrogens is 532 g/mol. The van der Waals surface area contributed by atoms with Crippen LogP contribution >= 0.6 is 0 Å². The number of aromatic nitrogens is 1. The summed E-state index contributed by atoms with van der Waals surface area (Å²) in [7, 11) is 0. The minimum atomic E-state index is -0.393. The topological polar surface area (TPSA) is 24.9 Å². The maximum Gasteiger partial charge on any atom is 0.0713 e. The molecule has 0 amide bonds. The summed E-state index contributed by atoms with van der Waals surface area (Å²) >= 11 is 0. The van der Waals surface area contributed by atoms with Crippen molar-refractivity contribution >= 4 is 16.6 Å². The monoisotopic (exact) mass is 562 g/mol. The molecule has 1 unspecified atom stereocenters. The second-order valence-electron chi connectivity index (χ2n) is 12.0. The van der Waals surface area contributed by atoms with Crippen molar-refractivity contribution in [3.63, 3.8) is 0 Å². The van der Waals surface area contributed by atoms with E-state index in [1.807, 2.05) is 12.3 Å². The van der Waals surface area contributed by atoms with Crippen LogP contribution in [0.15, 0.2) is 158 Å². The fraction of sp³-hybridized carbons (Fsp3) is 0.0714. The number of hydrogen-bond acceptors (Lipinski definition) is 2. The third-order valence-electron chi connectivity index (χ3n) is 9.68. The average Bonchev–Trinajstić information content (AvgIpc) is 3.66. The summed E-state index contributed by atoms with van der Waals surface area (Å²) in [6.45, 7) is 0. The zero-order valence-electron chi connectivity index (χ0n) is 24.2. The molecule has 1 atom stereocenters. The summed E-state index contributed by atoms with van der Waals surface area (Å²) in [6, 6.07) is 56.0. The lowest BCUT2D eigenvalue weighted by atomic mass is 9.67. The normalized spacial score (nSPS) is 15.8. The molecule has 0 saturated heterocycles. The molecule has 9 rings (SSSR count). The maximum atomic E-state index is 4.50. The summed E-state index contributed by atoms with van der Waals surface area (Å²) in [4.78, 5) is 4.50. The number of nitrogens with one attached hydrogen (secondary N) is 1. The lowest BCUT2D eigenvalue weighted by molar-refractivity contribution is 0.769. The lowest BCUT2D eigenvalue weighted by Gasteiger charge is -2.34. The van der Waals surface area contributed by atoms with Gasteiger partial charge in [-0.2, -0.15) is 0 Å². The fourth-order valence-corrected chi connectivity index (χ4v) is 7.66. The van der Waals surface area contributed by atoms with E-state index in [0.29, 0.717) is 0 Å². The number of benzene rings is 6. The van der Waals surface area contributed by atoms with Gasteiger partial charge in [-0.15, -0.1) is 0 Å². The Morgan fingerprint density at radius 2 is 1.27 bits per heavy atom. The molecule has 0 spiro atoms. The first-order valence-corrected chi connectivity index (χ1v) is 15.4. The number of fused-ring (bicyclic) bond motifs is 5. The molecule has 7 aromatic rings. The van der Waals surface area contributed by atoms with Gasteiger partial charge in [0.05, 0.1) is 17.0 Å². The molecule has 0 saturated carbocycles. The summed E-state index contributed by atoms with van der Waals surface area (Å²) in [5.41, 5.74) is 14.9. The number of pyridine rings is 1. The van der Waals surface area contributed by atoms with Gasteiger partial charge in [0.1, 0.15) is 0 Å². The van der Waals surface area contributed by atoms with Crippen LogP contribution in [0.5, 0.6) is 0 Å². The van der Waals surface area contributed by atoms with Crippen LogP contribution < -0.4 is 5.32 Å². The quantitative estimate of drug-likeness (QED) is 0.231. The molecule has 0 radical (unpaired) electrons. The van der Waals surface area contributed by atoms with Crippen LogP contribution in [-0.4, -0.2) is 4.98 Å². The van der Waals surface area contributed by atoms with E-state index >= 15 is 0 Å². The minimum absolute atomic E-state index is 0.253. The highest BCUT2D eigenvalue weighted by atomic mass is 14.9. The Morgan fingerprint density at radius 3 is 2.09 bits per heavy atom. The Labute approximate surface area is 257 Å². The van der Waals surface area contributed by atoms with Crippen LogP contribution in [-0.2, 0) is 11.8 Å². The van der Waals surface area contributed by atoms with Crippen molar-refractivity contribution < 1.29 is 0 Å². The molecule has 0 bridgehead atoms. The van der Waals surface area contributed by atoms with E-state index in [2.05, 4.69) is 156 Å². The highest BCUT2D eigenvalue weighted by Crippen LogP contribution is 2.56. The number of hydrogen-bond donors (Lipinski definition) is 1. The van der Waals surface area contributed by atoms with E-state index in [-0.39, 0.29) is 6.04 Å². The standard InChI is InChI=1S/C42H30N2/c1-3-11-33(12-4-1)42(34-13-5-2-6-14-34)37-16-8-7-15-35(37)36-21-19-28(25-38(36)42)29-17-18-32-27-41(44-40(32)26-29)31-20-22-39-30(24-31)10-9-23-43-39/h1-26,41,44H,27H2. The first-order valence-electron chi connectivity index (χ1n) is 15.4. The van der Waals surface area contributed by atoms with Gasteiger partial charge in [-0.1, -0.05) is 121 Å². The van der Waals surface area contributed by atoms with Gasteiger partial charge in [0.15, 0.2) is 0 Å². The average molecular weight is 563 g/mol. The van der Waals surface area contributed by atoms with E-state index in [1.54, 1.807) is 0 Å². The highest BCUT2D eigenvalue weighted by Gasteiger charge is 2.46. The predicted molar refractivity (Wildman–Crippen MR) is 181 cm³/mol. The molecular formula is C42H30N2. The van der Waals surface area contributed by atoms with E-state index < -0.39 is 5.41 Å². The minimum Gasteiger partial charge on any atom is -0.378 e. The Bertz CT molecular complexity index is 2140. The Balaban J connectivity index is 1.16. The number of nitrogens with zero attached hydrogens (tertiary/aromatic N) is 1. The predicted octanol–water partition coefficient (Wildman–Crippen LogP) is 9.97. The Kier molecular flexibility index (Phi) is 5.58. The van der Waals surface area contributed by atoms with Crippen LogP contribution in [0.3, 0.4) is 0 Å². The summed E-state index contributed by atoms with van der Waals surface area (Å²) in [5, 5.41) is 5.02. The molecule has 6 aromatic carbocycles. The summed E-state index contributed by atoms with van der Waals surface area (Å²) in [5.74, 6) is 0. The highest BCUT2D eigenvalue weighted by molar-refractivity contribution is 5.89. The molecule has 2 nitrogen and oxygen atoms in total. The fourth-order valence-electron chi connectivity index (χ4n) is 7.66. The first kappa shape index (κ1) is 25.1. The maximum absolute atomic E-state index is 4.50. The van der Waals surface area contributed by atoms with Crippen molar-refractivity contribution in [2.45, 2.75) is 17.9 Å². The second kappa shape index (κ2) is 9.79. The number of anilines is 1. The van der Waals surface area contributed by atoms with Crippen LogP contribution in [0.2, 0.25) is 0 Å². The molecule has 2 heteroatoms. The molecule has 1 N–H and O–H groups in total. The van der Waals surface area contributed by atoms with E-state index in [9.17, 15) is 0 Å². The summed E-state index contributed by atoms with van der Waals surface area (Å²) in [6.07, 6.45) is 2.83. The zero-order valence-corrected chi connectivity index (χ0v) is 24.2. The zero-order chi connectivity index (χ0) is 29.1. The second-order valence-corrected chi connectivity index (χ2v) is 12.0. The van der Waals surface area contributed by atoms with Crippen molar-refractivity contribution in [3.05, 3.63) is 191 Å². The molecule has 208 valence electrons. The SMILES string of the molecule is c1ccc(C2(c3ccccc3)c3ccccc3-c3ccc(-c4ccc5c(c4)NC(c4ccc6ncccc6c4)C5)cc32)cc1. The van der Waals surface area contributed by atoms with Gasteiger partial charge in [-0.05, 0) is 92.4 Å². The van der Waals surface area contributed by atoms with Gasteiger partial charge in [0.25, 0.3) is 0 Å². The van der Waals surface area contributed by atoms with Gasteiger partial charge in [-0.25, -0.2) is 0 Å². The van der Waals surface area contributed by atoms with Crippen molar-refractivity contribution in [2.75, 3.05) is 5.32 Å². The van der Waals surface area contributed by atoms with E-state index in [4.69, 9.17) is 0 Å². The smallest absolute Gasteiger partial charge is 0.0713 e. The molecule has 44 heavy (non-hydrogen) atoms. The van der Waals surface area contributed by atoms with E-state index in [1.165, 1.54) is 66.7 Å². The van der Waals surface area contributed by atoms with Gasteiger partial charge in [0, 0.05) is 17.3 Å². The molecule has 0 fully saturated rings. The van der Waals surface area contributed by atoms with Crippen LogP contribution in [0, 0.1) is 0 Å². The van der Waals surface area contributed by atoms with Gasteiger partial charge in [0.2, 0.25) is 0 Å². The lowest BCUT2D eigenvalue weighted by Crippen LogP contribution is -2.28. The van der Waals surface area contributed by atoms with Crippen LogP contribution in [0.1, 0.15) is 39.4 Å². The Hall–Kier alpha value is -5.47. The van der Waals surface area contributed by atoms with E-state index in [0.717, 1.165) is 11.9 Å². The van der Waals surface area contributed by atoms with Gasteiger partial charge < -0.3 is 5.32 Å². The third kappa shape index (κ3) is 3.71. The van der Waals surface area contributed by atoms with Crippen LogP contribution in [0.25, 0.3) is 33.2 Å². The van der Waals surface area contributed by atoms with Gasteiger partial charge in [-0.3, -0.25) is 4.98 Å². The van der Waals surface area contributed by atoms with Crippen molar-refractivity contribution in [1.29, 1.82) is 0 Å². The molecule has 1 aliphatic heterocycles. The molecule has 1 aliphatic carbocycles. The largest absolute Gasteiger partial charge is 0.378 e. The third-order valence-corrected chi connectivity index (χ3v) is 9.68. The van der Waals surface area contributed by atoms with Crippen molar-refractivity contribution in [3.8, 4) is 22.3 Å². The van der Waals surface area contributed by atoms with Gasteiger partial charge >= 0.3 is 0 Å². The molecule has 2 aliphatic rings.